The number of hydrogen-bond acceptors (Lipinski definition) is 2. The van der Waals surface area contributed by atoms with Crippen LogP contribution in [-0.4, -0.2) is 31.2 Å². The van der Waals surface area contributed by atoms with Crippen LogP contribution in [0, 0.1) is 6.92 Å². The number of nitrogens with zero attached hydrogens (tertiary/aromatic N) is 1. The fourth-order valence-electron chi connectivity index (χ4n) is 2.45. The van der Waals surface area contributed by atoms with E-state index in [2.05, 4.69) is 0 Å². The molecule has 1 fully saturated rings. The Bertz CT molecular complexity index is 631. The Hall–Kier alpha value is -0.790. The van der Waals surface area contributed by atoms with Crippen molar-refractivity contribution in [2.24, 2.45) is 0 Å². The lowest BCUT2D eigenvalue weighted by molar-refractivity contribution is -0.138. The number of piperidine rings is 1. The molecule has 1 saturated heterocycles. The summed E-state index contributed by atoms with van der Waals surface area (Å²) in [5, 5.41) is -0.306. The quantitative estimate of drug-likeness (QED) is 0.773. The number of alkyl halides is 4. The summed E-state index contributed by atoms with van der Waals surface area (Å²) in [4.78, 5) is -0.303. The molecule has 1 atom stereocenters. The highest BCUT2D eigenvalue weighted by Gasteiger charge is 2.36. The molecule has 0 saturated carbocycles. The second kappa shape index (κ2) is 5.78. The topological polar surface area (TPSA) is 37.4 Å². The van der Waals surface area contributed by atoms with Crippen molar-refractivity contribution < 1.29 is 21.6 Å². The molecular weight excluding hydrogens is 327 g/mol. The summed E-state index contributed by atoms with van der Waals surface area (Å²) in [5.41, 5.74) is -1.20. The highest BCUT2D eigenvalue weighted by molar-refractivity contribution is 7.89. The first-order chi connectivity index (χ1) is 9.64. The van der Waals surface area contributed by atoms with Gasteiger partial charge in [0.1, 0.15) is 0 Å². The van der Waals surface area contributed by atoms with Crippen molar-refractivity contribution in [2.75, 3.05) is 13.1 Å². The van der Waals surface area contributed by atoms with E-state index in [4.69, 9.17) is 11.6 Å². The molecule has 1 aromatic carbocycles. The van der Waals surface area contributed by atoms with Gasteiger partial charge in [0.2, 0.25) is 10.0 Å². The molecule has 3 nitrogen and oxygen atoms in total. The van der Waals surface area contributed by atoms with E-state index >= 15 is 0 Å². The molecule has 1 unspecified atom stereocenters. The molecular formula is C13H15ClF3NO2S. The molecule has 2 rings (SSSR count). The highest BCUT2D eigenvalue weighted by atomic mass is 35.5. The number of sulfonamides is 1. The van der Waals surface area contributed by atoms with Gasteiger partial charge in [-0.3, -0.25) is 0 Å². The molecule has 1 aliphatic heterocycles. The average molecular weight is 342 g/mol. The SMILES string of the molecule is Cc1c(C(F)(F)F)cccc1S(=O)(=O)N1CCCC(Cl)C1. The second-order valence-electron chi connectivity index (χ2n) is 5.03. The van der Waals surface area contributed by atoms with E-state index in [0.717, 1.165) is 16.4 Å². The van der Waals surface area contributed by atoms with E-state index < -0.39 is 21.8 Å². The van der Waals surface area contributed by atoms with Gasteiger partial charge in [0.25, 0.3) is 0 Å². The van der Waals surface area contributed by atoms with Crippen molar-refractivity contribution >= 4 is 21.6 Å². The smallest absolute Gasteiger partial charge is 0.207 e. The lowest BCUT2D eigenvalue weighted by Gasteiger charge is -2.29. The van der Waals surface area contributed by atoms with Gasteiger partial charge in [0, 0.05) is 18.5 Å². The second-order valence-corrected chi connectivity index (χ2v) is 7.55. The molecule has 1 aliphatic rings. The van der Waals surface area contributed by atoms with Gasteiger partial charge in [-0.1, -0.05) is 6.07 Å². The molecule has 8 heteroatoms. The number of rotatable bonds is 2. The zero-order valence-corrected chi connectivity index (χ0v) is 12.9. The zero-order chi connectivity index (χ0) is 15.8. The first kappa shape index (κ1) is 16.6. The van der Waals surface area contributed by atoms with Gasteiger partial charge in [0.05, 0.1) is 10.5 Å². The van der Waals surface area contributed by atoms with Crippen molar-refractivity contribution in [1.29, 1.82) is 0 Å². The molecule has 118 valence electrons. The van der Waals surface area contributed by atoms with Crippen LogP contribution < -0.4 is 0 Å². The lowest BCUT2D eigenvalue weighted by Crippen LogP contribution is -2.40. The van der Waals surface area contributed by atoms with Gasteiger partial charge < -0.3 is 0 Å². The van der Waals surface area contributed by atoms with Gasteiger partial charge in [0.15, 0.2) is 0 Å². The Morgan fingerprint density at radius 1 is 1.33 bits per heavy atom. The van der Waals surface area contributed by atoms with Gasteiger partial charge >= 0.3 is 6.18 Å². The van der Waals surface area contributed by atoms with Crippen molar-refractivity contribution in [2.45, 2.75) is 36.2 Å². The van der Waals surface area contributed by atoms with Crippen LogP contribution in [0.5, 0.6) is 0 Å². The van der Waals surface area contributed by atoms with E-state index in [1.165, 1.54) is 13.0 Å². The molecule has 0 spiro atoms. The van der Waals surface area contributed by atoms with Crippen LogP contribution in [0.1, 0.15) is 24.0 Å². The Morgan fingerprint density at radius 2 is 2.00 bits per heavy atom. The summed E-state index contributed by atoms with van der Waals surface area (Å²) in [7, 11) is -3.96. The van der Waals surface area contributed by atoms with Gasteiger partial charge in [-0.25, -0.2) is 8.42 Å². The summed E-state index contributed by atoms with van der Waals surface area (Å²) >= 11 is 5.96. The Balaban J connectivity index is 2.46. The third kappa shape index (κ3) is 3.35. The first-order valence-electron chi connectivity index (χ1n) is 6.45. The molecule has 0 bridgehead atoms. The summed E-state index contributed by atoms with van der Waals surface area (Å²) in [6.45, 7) is 1.58. The van der Waals surface area contributed by atoms with Crippen molar-refractivity contribution in [3.05, 3.63) is 29.3 Å². The normalized spacial score (nSPS) is 21.5. The van der Waals surface area contributed by atoms with Crippen LogP contribution in [0.2, 0.25) is 0 Å². The maximum absolute atomic E-state index is 12.9. The van der Waals surface area contributed by atoms with Gasteiger partial charge in [-0.15, -0.1) is 11.6 Å². The minimum atomic E-state index is -4.58. The molecule has 0 aliphatic carbocycles. The van der Waals surface area contributed by atoms with Crippen LogP contribution in [-0.2, 0) is 16.2 Å². The van der Waals surface area contributed by atoms with Crippen LogP contribution >= 0.6 is 11.6 Å². The molecule has 0 amide bonds. The van der Waals surface area contributed by atoms with Crippen molar-refractivity contribution in [3.8, 4) is 0 Å². The van der Waals surface area contributed by atoms with Gasteiger partial charge in [-0.05, 0) is 37.5 Å². The fraction of sp³-hybridized carbons (Fsp3) is 0.538. The number of halogens is 4. The maximum atomic E-state index is 12.9. The number of hydrogen-bond donors (Lipinski definition) is 0. The summed E-state index contributed by atoms with van der Waals surface area (Å²) in [5.74, 6) is 0. The van der Waals surface area contributed by atoms with Crippen molar-refractivity contribution in [3.63, 3.8) is 0 Å². The first-order valence-corrected chi connectivity index (χ1v) is 8.32. The largest absolute Gasteiger partial charge is 0.416 e. The minimum absolute atomic E-state index is 0.125. The molecule has 1 aromatic rings. The zero-order valence-electron chi connectivity index (χ0n) is 11.3. The third-order valence-corrected chi connectivity index (χ3v) is 5.90. The Kier molecular flexibility index (Phi) is 4.56. The van der Waals surface area contributed by atoms with Crippen LogP contribution in [0.15, 0.2) is 23.1 Å². The van der Waals surface area contributed by atoms with Gasteiger partial charge in [-0.2, -0.15) is 17.5 Å². The van der Waals surface area contributed by atoms with Crippen LogP contribution in [0.3, 0.4) is 0 Å². The molecule has 21 heavy (non-hydrogen) atoms. The lowest BCUT2D eigenvalue weighted by atomic mass is 10.1. The predicted octanol–water partition coefficient (Wildman–Crippen LogP) is 3.41. The van der Waals surface area contributed by atoms with E-state index in [1.54, 1.807) is 0 Å². The molecule has 1 heterocycles. The summed E-state index contributed by atoms with van der Waals surface area (Å²) < 4.78 is 64.9. The van der Waals surface area contributed by atoms with Crippen LogP contribution in [0.4, 0.5) is 13.2 Å². The Labute approximate surface area is 126 Å². The Morgan fingerprint density at radius 3 is 2.57 bits per heavy atom. The van der Waals surface area contributed by atoms with E-state index in [-0.39, 0.29) is 28.9 Å². The van der Waals surface area contributed by atoms with Crippen molar-refractivity contribution in [1.82, 2.24) is 4.31 Å². The third-order valence-electron chi connectivity index (χ3n) is 3.53. The van der Waals surface area contributed by atoms with E-state index in [1.807, 2.05) is 0 Å². The summed E-state index contributed by atoms with van der Waals surface area (Å²) in [6.07, 6.45) is -3.27. The molecule has 0 aromatic heterocycles. The predicted molar refractivity (Wildman–Crippen MR) is 73.8 cm³/mol. The average Bonchev–Trinajstić information content (AvgIpc) is 2.37. The summed E-state index contributed by atoms with van der Waals surface area (Å²) in [6, 6.07) is 3.21. The minimum Gasteiger partial charge on any atom is -0.207 e. The fourth-order valence-corrected chi connectivity index (χ4v) is 4.63. The maximum Gasteiger partial charge on any atom is 0.416 e. The van der Waals surface area contributed by atoms with E-state index in [0.29, 0.717) is 12.8 Å². The van der Waals surface area contributed by atoms with Crippen LogP contribution in [0.25, 0.3) is 0 Å². The monoisotopic (exact) mass is 341 g/mol. The molecule has 0 N–H and O–H groups in total. The molecule has 0 radical (unpaired) electrons. The van der Waals surface area contributed by atoms with E-state index in [9.17, 15) is 21.6 Å². The highest BCUT2D eigenvalue weighted by Crippen LogP contribution is 2.35. The standard InChI is InChI=1S/C13H15ClF3NO2S/c1-9-11(13(15,16)17)5-2-6-12(9)21(19,20)18-7-3-4-10(14)8-18/h2,5-6,10H,3-4,7-8H2,1H3. The number of benzene rings is 1.